The number of hydrogen-bond acceptors (Lipinski definition) is 5. The van der Waals surface area contributed by atoms with Crippen LogP contribution in [0, 0.1) is 5.21 Å². The molecule has 16 heavy (non-hydrogen) atoms. The fourth-order valence-corrected chi connectivity index (χ4v) is 1.30. The second kappa shape index (κ2) is 3.44. The molecule has 0 radical (unpaired) electrons. The molecule has 0 saturated carbocycles. The normalized spacial score (nSPS) is 10.7. The molecule has 7 nitrogen and oxygen atoms in total. The Labute approximate surface area is 91.2 Å². The van der Waals surface area contributed by atoms with Gasteiger partial charge in [-0.2, -0.15) is 0 Å². The van der Waals surface area contributed by atoms with Crippen LogP contribution in [-0.4, -0.2) is 28.6 Å². The monoisotopic (exact) mass is 221 g/mol. The third kappa shape index (κ3) is 1.46. The van der Waals surface area contributed by atoms with Crippen molar-refractivity contribution in [1.29, 1.82) is 0 Å². The Kier molecular flexibility index (Phi) is 2.22. The average Bonchev–Trinajstić information content (AvgIpc) is 2.23. The minimum absolute atomic E-state index is 0.0358. The third-order valence-electron chi connectivity index (χ3n) is 2.21. The van der Waals surface area contributed by atoms with E-state index in [4.69, 9.17) is 0 Å². The van der Waals surface area contributed by atoms with E-state index >= 15 is 0 Å². The van der Waals surface area contributed by atoms with E-state index in [0.29, 0.717) is 10.5 Å². The van der Waals surface area contributed by atoms with Crippen molar-refractivity contribution in [2.45, 2.75) is 0 Å². The van der Waals surface area contributed by atoms with Crippen LogP contribution in [0.3, 0.4) is 0 Å². The topological polar surface area (TPSA) is 78.0 Å². The van der Waals surface area contributed by atoms with E-state index in [-0.39, 0.29) is 16.7 Å². The molecule has 0 bridgehead atoms. The van der Waals surface area contributed by atoms with E-state index in [9.17, 15) is 10.0 Å². The molecule has 7 heteroatoms. The molecule has 2 aromatic rings. The highest BCUT2D eigenvalue weighted by atomic mass is 16.5. The van der Waals surface area contributed by atoms with Gasteiger partial charge in [-0.25, -0.2) is 9.71 Å². The van der Waals surface area contributed by atoms with Gasteiger partial charge in [0.2, 0.25) is 11.8 Å². The van der Waals surface area contributed by atoms with Crippen LogP contribution < -0.4 is 15.2 Å². The van der Waals surface area contributed by atoms with Crippen LogP contribution in [0.4, 0.5) is 5.82 Å². The SMILES string of the molecule is CN(C)c1c[n+]([O-])c2ncn(C)c(=O)c2n1. The molecule has 0 spiro atoms. The molecule has 0 atom stereocenters. The van der Waals surface area contributed by atoms with Crippen LogP contribution in [0.2, 0.25) is 0 Å². The van der Waals surface area contributed by atoms with E-state index in [1.165, 1.54) is 17.1 Å². The molecule has 0 aliphatic heterocycles. The summed E-state index contributed by atoms with van der Waals surface area (Å²) in [5, 5.41) is 11.6. The summed E-state index contributed by atoms with van der Waals surface area (Å²) in [6.07, 6.45) is 2.59. The zero-order valence-electron chi connectivity index (χ0n) is 9.21. The minimum atomic E-state index is -0.335. The van der Waals surface area contributed by atoms with E-state index in [0.717, 1.165) is 0 Å². The highest BCUT2D eigenvalue weighted by molar-refractivity contribution is 5.66. The molecule has 84 valence electrons. The van der Waals surface area contributed by atoms with Gasteiger partial charge in [0.15, 0.2) is 5.82 Å². The Bertz CT molecular complexity index is 605. The van der Waals surface area contributed by atoms with Crippen LogP contribution in [0.15, 0.2) is 17.3 Å². The number of hydrogen-bond donors (Lipinski definition) is 0. The van der Waals surface area contributed by atoms with Gasteiger partial charge in [-0.05, 0) is 4.98 Å². The first-order valence-electron chi connectivity index (χ1n) is 4.63. The van der Waals surface area contributed by atoms with Crippen molar-refractivity contribution >= 4 is 17.0 Å². The lowest BCUT2D eigenvalue weighted by Gasteiger charge is -2.12. The summed E-state index contributed by atoms with van der Waals surface area (Å²) < 4.78 is 1.84. The molecule has 2 aromatic heterocycles. The van der Waals surface area contributed by atoms with Crippen LogP contribution in [0.5, 0.6) is 0 Å². The summed E-state index contributed by atoms with van der Waals surface area (Å²) in [6.45, 7) is 0. The first-order valence-corrected chi connectivity index (χ1v) is 4.63. The van der Waals surface area contributed by atoms with Gasteiger partial charge >= 0.3 is 5.65 Å². The van der Waals surface area contributed by atoms with E-state index < -0.39 is 0 Å². The maximum atomic E-state index is 11.7. The van der Waals surface area contributed by atoms with Crippen molar-refractivity contribution in [2.24, 2.45) is 7.05 Å². The number of rotatable bonds is 1. The Morgan fingerprint density at radius 2 is 2.19 bits per heavy atom. The molecule has 2 heterocycles. The molecular weight excluding hydrogens is 210 g/mol. The van der Waals surface area contributed by atoms with Gasteiger partial charge in [0, 0.05) is 21.1 Å². The number of nitrogens with zero attached hydrogens (tertiary/aromatic N) is 5. The van der Waals surface area contributed by atoms with E-state index in [1.807, 2.05) is 0 Å². The molecule has 0 aromatic carbocycles. The van der Waals surface area contributed by atoms with Crippen molar-refractivity contribution < 1.29 is 4.73 Å². The van der Waals surface area contributed by atoms with Gasteiger partial charge < -0.3 is 10.1 Å². The Hall–Kier alpha value is -2.18. The van der Waals surface area contributed by atoms with Crippen molar-refractivity contribution in [2.75, 3.05) is 19.0 Å². The fourth-order valence-electron chi connectivity index (χ4n) is 1.30. The lowest BCUT2D eigenvalue weighted by atomic mass is 10.5. The van der Waals surface area contributed by atoms with Gasteiger partial charge in [-0.3, -0.25) is 9.36 Å². The van der Waals surface area contributed by atoms with E-state index in [2.05, 4.69) is 9.97 Å². The van der Waals surface area contributed by atoms with E-state index in [1.54, 1.807) is 26.0 Å². The minimum Gasteiger partial charge on any atom is -0.710 e. The van der Waals surface area contributed by atoms with Gasteiger partial charge in [-0.1, -0.05) is 0 Å². The second-order valence-electron chi connectivity index (χ2n) is 3.65. The molecular formula is C9H11N5O2. The predicted molar refractivity (Wildman–Crippen MR) is 58.1 cm³/mol. The van der Waals surface area contributed by atoms with Gasteiger partial charge in [0.05, 0.1) is 0 Å². The fraction of sp³-hybridized carbons (Fsp3) is 0.333. The van der Waals surface area contributed by atoms with Crippen molar-refractivity contribution in [3.05, 3.63) is 28.1 Å². The predicted octanol–water partition coefficient (Wildman–Crippen LogP) is -0.972. The Morgan fingerprint density at radius 1 is 1.50 bits per heavy atom. The molecule has 2 rings (SSSR count). The average molecular weight is 221 g/mol. The smallest absolute Gasteiger partial charge is 0.359 e. The van der Waals surface area contributed by atoms with Gasteiger partial charge in [0.1, 0.15) is 6.20 Å². The van der Waals surface area contributed by atoms with Crippen molar-refractivity contribution in [1.82, 2.24) is 14.5 Å². The zero-order chi connectivity index (χ0) is 11.9. The summed E-state index contributed by atoms with van der Waals surface area (Å²) in [5.41, 5.74) is -0.224. The maximum Gasteiger partial charge on any atom is 0.359 e. The highest BCUT2D eigenvalue weighted by Gasteiger charge is 2.14. The Morgan fingerprint density at radius 3 is 2.81 bits per heavy atom. The standard InChI is InChI=1S/C9H11N5O2/c1-12(2)6-4-14(16)8-7(11-6)9(15)13(3)5-10-8/h4-5H,1-3H3. The molecule has 0 N–H and O–H groups in total. The van der Waals surface area contributed by atoms with Gasteiger partial charge in [-0.15, -0.1) is 0 Å². The van der Waals surface area contributed by atoms with Crippen molar-refractivity contribution in [3.63, 3.8) is 0 Å². The first-order chi connectivity index (χ1) is 7.50. The zero-order valence-corrected chi connectivity index (χ0v) is 9.21. The first kappa shape index (κ1) is 10.3. The quantitative estimate of drug-likeness (QED) is 0.457. The number of aromatic nitrogens is 4. The summed E-state index contributed by atoms with van der Waals surface area (Å²) in [7, 11) is 5.05. The van der Waals surface area contributed by atoms with Crippen LogP contribution in [0.25, 0.3) is 11.2 Å². The molecule has 0 saturated heterocycles. The summed E-state index contributed by atoms with van der Waals surface area (Å²) >= 11 is 0. The number of aryl methyl sites for hydroxylation is 1. The third-order valence-corrected chi connectivity index (χ3v) is 2.21. The van der Waals surface area contributed by atoms with Crippen LogP contribution in [0.1, 0.15) is 0 Å². The molecule has 0 aliphatic rings. The highest BCUT2D eigenvalue weighted by Crippen LogP contribution is 2.06. The summed E-state index contributed by atoms with van der Waals surface area (Å²) in [4.78, 5) is 21.4. The number of fused-ring (bicyclic) bond motifs is 1. The molecule has 0 fully saturated rings. The summed E-state index contributed by atoms with van der Waals surface area (Å²) in [5.74, 6) is 0.424. The van der Waals surface area contributed by atoms with Crippen LogP contribution in [-0.2, 0) is 7.05 Å². The summed E-state index contributed by atoms with van der Waals surface area (Å²) in [6, 6.07) is 0. The molecule has 0 unspecified atom stereocenters. The second-order valence-corrected chi connectivity index (χ2v) is 3.65. The lowest BCUT2D eigenvalue weighted by molar-refractivity contribution is -0.578. The molecule has 0 aliphatic carbocycles. The largest absolute Gasteiger partial charge is 0.710 e. The molecule has 0 amide bonds. The lowest BCUT2D eigenvalue weighted by Crippen LogP contribution is -2.34. The number of anilines is 1. The van der Waals surface area contributed by atoms with Crippen LogP contribution >= 0.6 is 0 Å². The van der Waals surface area contributed by atoms with Gasteiger partial charge in [0.25, 0.3) is 5.56 Å². The maximum absolute atomic E-state index is 11.7. The van der Waals surface area contributed by atoms with Crippen molar-refractivity contribution in [3.8, 4) is 0 Å². The Balaban J connectivity index is 2.89.